The van der Waals surface area contributed by atoms with Gasteiger partial charge < -0.3 is 14.7 Å². The standard InChI is InChI=1S/C19H19N5O2S2/c1-4-24(5-2)19-22-18-15(28-19)10-14(27-18)17(25)21-13-9-7-6-8-12(13)16-20-11(3)26-23-16/h6-10H,4-5H2,1-3H3,(H,21,25). The lowest BCUT2D eigenvalue weighted by atomic mass is 10.1. The zero-order valence-corrected chi connectivity index (χ0v) is 17.4. The molecule has 4 rings (SSSR count). The molecule has 3 heterocycles. The van der Waals surface area contributed by atoms with Crippen LogP contribution in [0.1, 0.15) is 29.4 Å². The predicted octanol–water partition coefficient (Wildman–Crippen LogP) is 4.81. The summed E-state index contributed by atoms with van der Waals surface area (Å²) < 4.78 is 6.09. The van der Waals surface area contributed by atoms with Crippen molar-refractivity contribution in [1.82, 2.24) is 15.1 Å². The summed E-state index contributed by atoms with van der Waals surface area (Å²) in [5.74, 6) is 0.753. The molecule has 3 aromatic heterocycles. The minimum absolute atomic E-state index is 0.174. The number of carbonyl (C=O) groups is 1. The molecule has 0 bridgehead atoms. The number of carbonyl (C=O) groups excluding carboxylic acids is 1. The molecule has 0 aliphatic heterocycles. The van der Waals surface area contributed by atoms with Crippen LogP contribution in [0.5, 0.6) is 0 Å². The normalized spacial score (nSPS) is 11.1. The highest BCUT2D eigenvalue weighted by molar-refractivity contribution is 7.29. The van der Waals surface area contributed by atoms with Crippen molar-refractivity contribution in [3.05, 3.63) is 41.1 Å². The molecule has 0 aliphatic rings. The number of amides is 1. The minimum Gasteiger partial charge on any atom is -0.349 e. The largest absolute Gasteiger partial charge is 0.349 e. The summed E-state index contributed by atoms with van der Waals surface area (Å²) in [6.07, 6.45) is 0. The number of rotatable bonds is 6. The van der Waals surface area contributed by atoms with Gasteiger partial charge in [0.05, 0.1) is 15.3 Å². The summed E-state index contributed by atoms with van der Waals surface area (Å²) in [7, 11) is 0. The van der Waals surface area contributed by atoms with Gasteiger partial charge in [0, 0.05) is 25.6 Å². The van der Waals surface area contributed by atoms with Crippen molar-refractivity contribution in [2.24, 2.45) is 0 Å². The number of aryl methyl sites for hydroxylation is 1. The molecular formula is C19H19N5O2S2. The van der Waals surface area contributed by atoms with Crippen LogP contribution in [-0.4, -0.2) is 34.1 Å². The zero-order valence-electron chi connectivity index (χ0n) is 15.7. The number of aromatic nitrogens is 3. The van der Waals surface area contributed by atoms with Crippen molar-refractivity contribution in [2.75, 3.05) is 23.3 Å². The fraction of sp³-hybridized carbons (Fsp3) is 0.263. The van der Waals surface area contributed by atoms with E-state index in [2.05, 4.69) is 39.2 Å². The second-order valence-corrected chi connectivity index (χ2v) is 8.13. The van der Waals surface area contributed by atoms with Crippen LogP contribution >= 0.6 is 22.7 Å². The summed E-state index contributed by atoms with van der Waals surface area (Å²) in [6, 6.07) is 9.31. The molecule has 0 saturated carbocycles. The highest BCUT2D eigenvalue weighted by Crippen LogP contribution is 2.35. The van der Waals surface area contributed by atoms with E-state index >= 15 is 0 Å². The molecule has 1 amide bonds. The predicted molar refractivity (Wildman–Crippen MR) is 113 cm³/mol. The molecule has 0 unspecified atom stereocenters. The summed E-state index contributed by atoms with van der Waals surface area (Å²) in [6.45, 7) is 7.78. The summed E-state index contributed by atoms with van der Waals surface area (Å²) in [5, 5.41) is 7.91. The lowest BCUT2D eigenvalue weighted by Crippen LogP contribution is -2.21. The highest BCUT2D eigenvalue weighted by Gasteiger charge is 2.18. The zero-order chi connectivity index (χ0) is 19.7. The second-order valence-electron chi connectivity index (χ2n) is 6.09. The van der Waals surface area contributed by atoms with Crippen LogP contribution in [0, 0.1) is 6.92 Å². The van der Waals surface area contributed by atoms with Crippen LogP contribution in [-0.2, 0) is 0 Å². The Kier molecular flexibility index (Phi) is 5.10. The quantitative estimate of drug-likeness (QED) is 0.488. The van der Waals surface area contributed by atoms with E-state index in [1.54, 1.807) is 18.3 Å². The molecule has 4 aromatic rings. The molecule has 0 atom stereocenters. The van der Waals surface area contributed by atoms with Gasteiger partial charge in [0.1, 0.15) is 4.83 Å². The van der Waals surface area contributed by atoms with Gasteiger partial charge in [-0.05, 0) is 32.0 Å². The number of nitrogens with one attached hydrogen (secondary N) is 1. The number of fused-ring (bicyclic) bond motifs is 1. The average molecular weight is 414 g/mol. The Morgan fingerprint density at radius 1 is 1.18 bits per heavy atom. The Balaban J connectivity index is 1.58. The number of hydrogen-bond acceptors (Lipinski definition) is 8. The van der Waals surface area contributed by atoms with E-state index in [0.29, 0.717) is 27.8 Å². The molecule has 1 N–H and O–H groups in total. The van der Waals surface area contributed by atoms with Gasteiger partial charge in [0.25, 0.3) is 5.91 Å². The molecule has 0 spiro atoms. The maximum Gasteiger partial charge on any atom is 0.265 e. The number of thiophene rings is 1. The number of hydrogen-bond donors (Lipinski definition) is 1. The van der Waals surface area contributed by atoms with Gasteiger partial charge in [0.15, 0.2) is 5.13 Å². The van der Waals surface area contributed by atoms with E-state index in [0.717, 1.165) is 27.8 Å². The van der Waals surface area contributed by atoms with Crippen LogP contribution < -0.4 is 10.2 Å². The number of nitrogens with zero attached hydrogens (tertiary/aromatic N) is 4. The number of anilines is 2. The molecule has 144 valence electrons. The number of benzene rings is 1. The molecule has 9 heteroatoms. The van der Waals surface area contributed by atoms with Crippen LogP contribution in [0.15, 0.2) is 34.9 Å². The third-order valence-corrected chi connectivity index (χ3v) is 6.50. The summed E-state index contributed by atoms with van der Waals surface area (Å²) >= 11 is 3.02. The third kappa shape index (κ3) is 3.50. The Hall–Kier alpha value is -2.78. The fourth-order valence-corrected chi connectivity index (χ4v) is 5.08. The summed E-state index contributed by atoms with van der Waals surface area (Å²) in [4.78, 5) is 25.5. The molecule has 0 aliphatic carbocycles. The van der Waals surface area contributed by atoms with Gasteiger partial charge in [-0.1, -0.05) is 28.6 Å². The maximum atomic E-state index is 12.8. The fourth-order valence-electron chi connectivity index (χ4n) is 2.84. The lowest BCUT2D eigenvalue weighted by Gasteiger charge is -2.16. The third-order valence-electron chi connectivity index (χ3n) is 4.28. The topological polar surface area (TPSA) is 84.2 Å². The van der Waals surface area contributed by atoms with Gasteiger partial charge >= 0.3 is 0 Å². The monoisotopic (exact) mass is 413 g/mol. The highest BCUT2D eigenvalue weighted by atomic mass is 32.1. The van der Waals surface area contributed by atoms with Crippen molar-refractivity contribution < 1.29 is 9.32 Å². The lowest BCUT2D eigenvalue weighted by molar-refractivity contribution is 0.103. The number of para-hydroxylation sites is 1. The van der Waals surface area contributed by atoms with Gasteiger partial charge in [-0.25, -0.2) is 4.98 Å². The smallest absolute Gasteiger partial charge is 0.265 e. The van der Waals surface area contributed by atoms with E-state index in [1.165, 1.54) is 11.3 Å². The van der Waals surface area contributed by atoms with Crippen molar-refractivity contribution >= 4 is 48.9 Å². The first kappa shape index (κ1) is 18.6. The maximum absolute atomic E-state index is 12.8. The Morgan fingerprint density at radius 3 is 2.64 bits per heavy atom. The van der Waals surface area contributed by atoms with Gasteiger partial charge in [-0.2, -0.15) is 4.98 Å². The van der Waals surface area contributed by atoms with Crippen LogP contribution in [0.2, 0.25) is 0 Å². The van der Waals surface area contributed by atoms with Crippen molar-refractivity contribution in [3.63, 3.8) is 0 Å². The minimum atomic E-state index is -0.174. The molecule has 7 nitrogen and oxygen atoms in total. The van der Waals surface area contributed by atoms with Gasteiger partial charge in [-0.3, -0.25) is 4.79 Å². The molecular weight excluding hydrogens is 394 g/mol. The first-order valence-corrected chi connectivity index (χ1v) is 10.6. The first-order chi connectivity index (χ1) is 13.6. The molecule has 28 heavy (non-hydrogen) atoms. The average Bonchev–Trinajstić information content (AvgIpc) is 3.38. The Morgan fingerprint density at radius 2 is 1.96 bits per heavy atom. The SMILES string of the molecule is CCN(CC)c1nc2sc(C(=O)Nc3ccccc3-c3noc(C)n3)cc2s1. The summed E-state index contributed by atoms with van der Waals surface area (Å²) in [5.41, 5.74) is 1.36. The Labute approximate surface area is 170 Å². The van der Waals surface area contributed by atoms with Crippen LogP contribution in [0.25, 0.3) is 20.9 Å². The van der Waals surface area contributed by atoms with E-state index in [9.17, 15) is 4.79 Å². The molecule has 0 fully saturated rings. The molecule has 0 radical (unpaired) electrons. The van der Waals surface area contributed by atoms with E-state index in [1.807, 2.05) is 30.3 Å². The first-order valence-electron chi connectivity index (χ1n) is 8.95. The van der Waals surface area contributed by atoms with Crippen LogP contribution in [0.4, 0.5) is 10.8 Å². The van der Waals surface area contributed by atoms with Crippen molar-refractivity contribution in [2.45, 2.75) is 20.8 Å². The van der Waals surface area contributed by atoms with E-state index in [4.69, 9.17) is 4.52 Å². The number of thiazole rings is 1. The van der Waals surface area contributed by atoms with E-state index < -0.39 is 0 Å². The van der Waals surface area contributed by atoms with Crippen molar-refractivity contribution in [3.8, 4) is 11.4 Å². The Bertz CT molecular complexity index is 1090. The van der Waals surface area contributed by atoms with Gasteiger partial charge in [0.2, 0.25) is 11.7 Å². The molecule has 0 saturated heterocycles. The van der Waals surface area contributed by atoms with E-state index in [-0.39, 0.29) is 5.91 Å². The van der Waals surface area contributed by atoms with Gasteiger partial charge in [-0.15, -0.1) is 11.3 Å². The van der Waals surface area contributed by atoms with Crippen LogP contribution in [0.3, 0.4) is 0 Å². The van der Waals surface area contributed by atoms with Crippen molar-refractivity contribution in [1.29, 1.82) is 0 Å². The molecule has 1 aromatic carbocycles. The second kappa shape index (κ2) is 7.69.